The number of halogens is 1. The molecule has 1 unspecified atom stereocenters. The van der Waals surface area contributed by atoms with E-state index in [2.05, 4.69) is 24.0 Å². The predicted octanol–water partition coefficient (Wildman–Crippen LogP) is 4.71. The van der Waals surface area contributed by atoms with Crippen molar-refractivity contribution in [3.63, 3.8) is 0 Å². The van der Waals surface area contributed by atoms with Crippen LogP contribution in [0.15, 0.2) is 22.7 Å². The van der Waals surface area contributed by atoms with Gasteiger partial charge in [0, 0.05) is 19.7 Å². The molecule has 1 aliphatic heterocycles. The minimum atomic E-state index is -0.464. The third-order valence-electron chi connectivity index (χ3n) is 6.90. The molecule has 33 heavy (non-hydrogen) atoms. The number of hydrogen-bond acceptors (Lipinski definition) is 6. The van der Waals surface area contributed by atoms with E-state index in [0.717, 1.165) is 38.7 Å². The quantitative estimate of drug-likeness (QED) is 0.623. The van der Waals surface area contributed by atoms with Crippen LogP contribution in [0.2, 0.25) is 0 Å². The summed E-state index contributed by atoms with van der Waals surface area (Å²) in [5, 5.41) is 4.01. The molecule has 1 aliphatic carbocycles. The number of likely N-dealkylation sites (N-methyl/N-ethyl adjacent to an activating group) is 1. The Morgan fingerprint density at radius 1 is 1.30 bits per heavy atom. The Bertz CT molecular complexity index is 995. The lowest BCUT2D eigenvalue weighted by molar-refractivity contribution is -0.128. The van der Waals surface area contributed by atoms with Crippen molar-refractivity contribution in [1.82, 2.24) is 15.0 Å². The van der Waals surface area contributed by atoms with Crippen LogP contribution in [0, 0.1) is 11.2 Å². The Morgan fingerprint density at radius 2 is 2.03 bits per heavy atom. The highest BCUT2D eigenvalue weighted by atomic mass is 19.1. The highest BCUT2D eigenvalue weighted by Crippen LogP contribution is 2.49. The molecule has 2 aliphatic rings. The van der Waals surface area contributed by atoms with Gasteiger partial charge in [0.2, 0.25) is 11.7 Å². The molecule has 1 amide bonds. The van der Waals surface area contributed by atoms with Crippen molar-refractivity contribution in [2.45, 2.75) is 77.1 Å². The van der Waals surface area contributed by atoms with Crippen LogP contribution in [0.25, 0.3) is 11.4 Å². The number of hydrogen-bond donors (Lipinski definition) is 0. The van der Waals surface area contributed by atoms with Crippen LogP contribution in [0.3, 0.4) is 0 Å². The third kappa shape index (κ3) is 5.44. The van der Waals surface area contributed by atoms with E-state index in [1.54, 1.807) is 26.2 Å². The van der Waals surface area contributed by atoms with Gasteiger partial charge in [-0.15, -0.1) is 0 Å². The molecule has 1 aromatic heterocycles. The summed E-state index contributed by atoms with van der Waals surface area (Å²) in [4.78, 5) is 17.7. The minimum absolute atomic E-state index is 0.00772. The first kappa shape index (κ1) is 23.8. The molecule has 8 heteroatoms. The Balaban J connectivity index is 1.35. The van der Waals surface area contributed by atoms with Crippen LogP contribution in [-0.2, 0) is 20.7 Å². The second kappa shape index (κ2) is 9.14. The van der Waals surface area contributed by atoms with Gasteiger partial charge < -0.3 is 18.9 Å². The van der Waals surface area contributed by atoms with E-state index in [-0.39, 0.29) is 35.6 Å². The number of aromatic nitrogens is 2. The van der Waals surface area contributed by atoms with Crippen molar-refractivity contribution < 1.29 is 23.2 Å². The van der Waals surface area contributed by atoms with Gasteiger partial charge in [0.05, 0.1) is 24.7 Å². The van der Waals surface area contributed by atoms with Crippen LogP contribution in [0.1, 0.15) is 70.4 Å². The van der Waals surface area contributed by atoms with Crippen LogP contribution in [-0.4, -0.2) is 53.4 Å². The molecule has 2 fully saturated rings. The molecule has 180 valence electrons. The number of carbonyl (C=O) groups is 1. The van der Waals surface area contributed by atoms with Crippen molar-refractivity contribution in [1.29, 1.82) is 0 Å². The van der Waals surface area contributed by atoms with Crippen LogP contribution >= 0.6 is 0 Å². The normalized spacial score (nSPS) is 25.3. The lowest BCUT2D eigenvalue weighted by Gasteiger charge is -2.37. The van der Waals surface area contributed by atoms with Gasteiger partial charge in [0.25, 0.3) is 5.89 Å². The van der Waals surface area contributed by atoms with Crippen LogP contribution in [0.5, 0.6) is 0 Å². The zero-order valence-corrected chi connectivity index (χ0v) is 20.2. The molecule has 0 bridgehead atoms. The highest BCUT2D eigenvalue weighted by molar-refractivity contribution is 5.78. The Labute approximate surface area is 194 Å². The Kier molecular flexibility index (Phi) is 6.60. The molecule has 4 rings (SSSR count). The molecule has 0 radical (unpaired) electrons. The monoisotopic (exact) mass is 459 g/mol. The molecule has 2 heterocycles. The third-order valence-corrected chi connectivity index (χ3v) is 6.90. The van der Waals surface area contributed by atoms with Gasteiger partial charge >= 0.3 is 0 Å². The van der Waals surface area contributed by atoms with E-state index in [4.69, 9.17) is 14.0 Å². The highest BCUT2D eigenvalue weighted by Gasteiger charge is 2.46. The minimum Gasteiger partial charge on any atom is -0.375 e. The standard InChI is InChI=1S/C25H34FN3O4/c1-16(32-19-8-10-25(11-9-19)14-24(2,3)31-15-25)23-27-22(28-33-23)18-7-6-17(20(26)12-18)13-21(30)29(4)5/h6-7,12,16,19H,8-11,13-15H2,1-5H3. The summed E-state index contributed by atoms with van der Waals surface area (Å²) in [7, 11) is 3.29. The van der Waals surface area contributed by atoms with Crippen molar-refractivity contribution in [2.75, 3.05) is 20.7 Å². The number of carbonyl (C=O) groups excluding carboxylic acids is 1. The maximum atomic E-state index is 14.5. The summed E-state index contributed by atoms with van der Waals surface area (Å²) in [6.07, 6.45) is 5.10. The van der Waals surface area contributed by atoms with E-state index in [1.807, 2.05) is 6.92 Å². The first-order valence-electron chi connectivity index (χ1n) is 11.7. The molecule has 1 spiro atoms. The van der Waals surface area contributed by atoms with Crippen molar-refractivity contribution in [2.24, 2.45) is 5.41 Å². The summed E-state index contributed by atoms with van der Waals surface area (Å²) in [6, 6.07) is 4.63. The van der Waals surface area contributed by atoms with Crippen molar-refractivity contribution in [3.05, 3.63) is 35.5 Å². The fraction of sp³-hybridized carbons (Fsp3) is 0.640. The van der Waals surface area contributed by atoms with Gasteiger partial charge in [0.1, 0.15) is 11.9 Å². The first-order chi connectivity index (χ1) is 15.6. The lowest BCUT2D eigenvalue weighted by atomic mass is 9.70. The number of nitrogens with zero attached hydrogens (tertiary/aromatic N) is 3. The Morgan fingerprint density at radius 3 is 2.64 bits per heavy atom. The smallest absolute Gasteiger partial charge is 0.255 e. The summed E-state index contributed by atoms with van der Waals surface area (Å²) in [6.45, 7) is 7.08. The molecule has 2 aromatic rings. The molecule has 1 atom stereocenters. The Hall–Kier alpha value is -2.32. The second-order valence-electron chi connectivity index (χ2n) is 10.4. The molecule has 0 N–H and O–H groups in total. The molecular weight excluding hydrogens is 425 g/mol. The van der Waals surface area contributed by atoms with E-state index < -0.39 is 5.82 Å². The number of rotatable bonds is 6. The largest absolute Gasteiger partial charge is 0.375 e. The fourth-order valence-electron chi connectivity index (χ4n) is 5.03. The molecular formula is C25H34FN3O4. The summed E-state index contributed by atoms with van der Waals surface area (Å²) >= 11 is 0. The first-order valence-corrected chi connectivity index (χ1v) is 11.7. The van der Waals surface area contributed by atoms with Gasteiger partial charge in [-0.2, -0.15) is 4.98 Å². The summed E-state index contributed by atoms with van der Waals surface area (Å²) < 4.78 is 32.2. The second-order valence-corrected chi connectivity index (χ2v) is 10.4. The van der Waals surface area contributed by atoms with Gasteiger partial charge in [-0.1, -0.05) is 17.3 Å². The SMILES string of the molecule is CC(OC1CCC2(CC1)COC(C)(C)C2)c1nc(-c2ccc(CC(=O)N(C)C)c(F)c2)no1. The van der Waals surface area contributed by atoms with Crippen LogP contribution in [0.4, 0.5) is 4.39 Å². The van der Waals surface area contributed by atoms with E-state index in [1.165, 1.54) is 11.0 Å². The molecule has 1 saturated heterocycles. The predicted molar refractivity (Wildman–Crippen MR) is 121 cm³/mol. The summed E-state index contributed by atoms with van der Waals surface area (Å²) in [5.41, 5.74) is 1.10. The number of amides is 1. The van der Waals surface area contributed by atoms with Crippen molar-refractivity contribution in [3.8, 4) is 11.4 Å². The lowest BCUT2D eigenvalue weighted by Crippen LogP contribution is -2.32. The van der Waals surface area contributed by atoms with E-state index in [9.17, 15) is 9.18 Å². The van der Waals surface area contributed by atoms with Gasteiger partial charge in [-0.05, 0) is 69.9 Å². The maximum Gasteiger partial charge on any atom is 0.255 e. The van der Waals surface area contributed by atoms with Crippen LogP contribution < -0.4 is 0 Å². The van der Waals surface area contributed by atoms with Crippen molar-refractivity contribution >= 4 is 5.91 Å². The van der Waals surface area contributed by atoms with E-state index in [0.29, 0.717) is 22.8 Å². The summed E-state index contributed by atoms with van der Waals surface area (Å²) in [5.74, 6) is 0.0569. The molecule has 1 aromatic carbocycles. The number of benzene rings is 1. The average molecular weight is 460 g/mol. The van der Waals surface area contributed by atoms with Gasteiger partial charge in [-0.25, -0.2) is 4.39 Å². The topological polar surface area (TPSA) is 77.7 Å². The van der Waals surface area contributed by atoms with Gasteiger partial charge in [-0.3, -0.25) is 4.79 Å². The molecule has 1 saturated carbocycles. The fourth-order valence-corrected chi connectivity index (χ4v) is 5.03. The maximum absolute atomic E-state index is 14.5. The van der Waals surface area contributed by atoms with E-state index >= 15 is 0 Å². The average Bonchev–Trinajstić information content (AvgIpc) is 3.36. The van der Waals surface area contributed by atoms with Gasteiger partial charge in [0.15, 0.2) is 0 Å². The zero-order valence-electron chi connectivity index (χ0n) is 20.2. The zero-order chi connectivity index (χ0) is 23.8. The number of ether oxygens (including phenoxy) is 2. The molecule has 7 nitrogen and oxygen atoms in total.